The Hall–Kier alpha value is -2.82. The molecular formula is C22H25NO4. The SMILES string of the molecule is Cc1ccc(C)c(Oc2ccc(CCN3CC(C(=O)O)CC3=O)cc2)c1C. The number of hydrogen-bond acceptors (Lipinski definition) is 3. The third-order valence-electron chi connectivity index (χ3n) is 5.25. The average Bonchev–Trinajstić information content (AvgIpc) is 3.02. The van der Waals surface area contributed by atoms with Crippen molar-refractivity contribution >= 4 is 11.9 Å². The zero-order chi connectivity index (χ0) is 19.6. The summed E-state index contributed by atoms with van der Waals surface area (Å²) < 4.78 is 6.08. The van der Waals surface area contributed by atoms with Gasteiger partial charge in [-0.3, -0.25) is 9.59 Å². The maximum atomic E-state index is 11.9. The molecule has 1 unspecified atom stereocenters. The van der Waals surface area contributed by atoms with Crippen LogP contribution < -0.4 is 4.74 Å². The molecule has 1 saturated heterocycles. The van der Waals surface area contributed by atoms with Gasteiger partial charge in [-0.05, 0) is 61.6 Å². The predicted octanol–water partition coefficient (Wildman–Crippen LogP) is 3.88. The molecule has 1 aliphatic rings. The number of hydrogen-bond donors (Lipinski definition) is 1. The van der Waals surface area contributed by atoms with Crippen LogP contribution in [-0.2, 0) is 16.0 Å². The van der Waals surface area contributed by atoms with Crippen LogP contribution in [0.2, 0.25) is 0 Å². The molecule has 0 bridgehead atoms. The van der Waals surface area contributed by atoms with Crippen molar-refractivity contribution in [2.24, 2.45) is 5.92 Å². The molecule has 1 fully saturated rings. The van der Waals surface area contributed by atoms with E-state index in [-0.39, 0.29) is 12.3 Å². The molecule has 5 nitrogen and oxygen atoms in total. The zero-order valence-corrected chi connectivity index (χ0v) is 16.0. The molecule has 0 aromatic heterocycles. The van der Waals surface area contributed by atoms with E-state index in [9.17, 15) is 9.59 Å². The van der Waals surface area contributed by atoms with Crippen molar-refractivity contribution in [1.82, 2.24) is 4.90 Å². The van der Waals surface area contributed by atoms with Crippen molar-refractivity contribution in [1.29, 1.82) is 0 Å². The smallest absolute Gasteiger partial charge is 0.308 e. The Bertz CT molecular complexity index is 857. The normalized spacial score (nSPS) is 16.6. The van der Waals surface area contributed by atoms with Crippen molar-refractivity contribution in [2.75, 3.05) is 13.1 Å². The van der Waals surface area contributed by atoms with Crippen LogP contribution in [0.25, 0.3) is 0 Å². The highest BCUT2D eigenvalue weighted by molar-refractivity contribution is 5.86. The number of aliphatic carboxylic acids is 1. The molecule has 0 radical (unpaired) electrons. The van der Waals surface area contributed by atoms with Crippen LogP contribution >= 0.6 is 0 Å². The summed E-state index contributed by atoms with van der Waals surface area (Å²) in [5, 5.41) is 9.05. The summed E-state index contributed by atoms with van der Waals surface area (Å²) in [5.74, 6) is 0.125. The van der Waals surface area contributed by atoms with Crippen molar-refractivity contribution < 1.29 is 19.4 Å². The molecule has 1 N–H and O–H groups in total. The summed E-state index contributed by atoms with van der Waals surface area (Å²) in [5.41, 5.74) is 4.52. The minimum atomic E-state index is -0.894. The Balaban J connectivity index is 1.61. The number of benzene rings is 2. The quantitative estimate of drug-likeness (QED) is 0.841. The van der Waals surface area contributed by atoms with Gasteiger partial charge >= 0.3 is 5.97 Å². The largest absolute Gasteiger partial charge is 0.481 e. The molecule has 2 aromatic rings. The maximum absolute atomic E-state index is 11.9. The lowest BCUT2D eigenvalue weighted by atomic mass is 10.1. The van der Waals surface area contributed by atoms with Gasteiger partial charge in [-0.25, -0.2) is 0 Å². The minimum absolute atomic E-state index is 0.0762. The van der Waals surface area contributed by atoms with E-state index >= 15 is 0 Å². The number of ether oxygens (including phenoxy) is 1. The molecule has 2 aromatic carbocycles. The van der Waals surface area contributed by atoms with E-state index in [4.69, 9.17) is 9.84 Å². The van der Waals surface area contributed by atoms with Gasteiger partial charge in [0.15, 0.2) is 0 Å². The predicted molar refractivity (Wildman–Crippen MR) is 103 cm³/mol. The van der Waals surface area contributed by atoms with Crippen molar-refractivity contribution in [2.45, 2.75) is 33.6 Å². The Morgan fingerprint density at radius 3 is 2.41 bits per heavy atom. The van der Waals surface area contributed by atoms with Gasteiger partial charge in [0.2, 0.25) is 5.91 Å². The molecule has 142 valence electrons. The fourth-order valence-electron chi connectivity index (χ4n) is 3.34. The number of carbonyl (C=O) groups is 2. The summed E-state index contributed by atoms with van der Waals surface area (Å²) >= 11 is 0. The Labute approximate surface area is 159 Å². The molecule has 1 heterocycles. The third-order valence-corrected chi connectivity index (χ3v) is 5.25. The lowest BCUT2D eigenvalue weighted by molar-refractivity contribution is -0.141. The minimum Gasteiger partial charge on any atom is -0.481 e. The van der Waals surface area contributed by atoms with E-state index in [0.29, 0.717) is 19.5 Å². The number of carboxylic acid groups (broad SMARTS) is 1. The molecule has 5 heteroatoms. The molecule has 0 saturated carbocycles. The molecular weight excluding hydrogens is 342 g/mol. The second-order valence-corrected chi connectivity index (χ2v) is 7.23. The number of amides is 1. The van der Waals surface area contributed by atoms with Crippen LogP contribution in [0, 0.1) is 26.7 Å². The number of likely N-dealkylation sites (tertiary alicyclic amines) is 1. The summed E-state index contributed by atoms with van der Waals surface area (Å²) in [6, 6.07) is 12.0. The van der Waals surface area contributed by atoms with Crippen molar-refractivity contribution in [3.05, 3.63) is 58.7 Å². The molecule has 0 spiro atoms. The first kappa shape index (κ1) is 19.0. The first-order valence-corrected chi connectivity index (χ1v) is 9.19. The van der Waals surface area contributed by atoms with Gasteiger partial charge in [0.05, 0.1) is 5.92 Å². The van der Waals surface area contributed by atoms with E-state index in [1.165, 1.54) is 5.56 Å². The van der Waals surface area contributed by atoms with E-state index in [1.807, 2.05) is 31.2 Å². The van der Waals surface area contributed by atoms with Gasteiger partial charge in [0, 0.05) is 19.5 Å². The van der Waals surface area contributed by atoms with Gasteiger partial charge < -0.3 is 14.7 Å². The lowest BCUT2D eigenvalue weighted by Crippen LogP contribution is -2.28. The lowest BCUT2D eigenvalue weighted by Gasteiger charge is -2.16. The number of carbonyl (C=O) groups excluding carboxylic acids is 1. The number of carboxylic acids is 1. The Morgan fingerprint density at radius 2 is 1.78 bits per heavy atom. The summed E-state index contributed by atoms with van der Waals surface area (Å²) in [6.45, 7) is 7.01. The average molecular weight is 367 g/mol. The number of nitrogens with zero attached hydrogens (tertiary/aromatic N) is 1. The second kappa shape index (κ2) is 7.82. The fourth-order valence-corrected chi connectivity index (χ4v) is 3.34. The molecule has 1 atom stereocenters. The highest BCUT2D eigenvalue weighted by atomic mass is 16.5. The first-order valence-electron chi connectivity index (χ1n) is 9.19. The summed E-state index contributed by atoms with van der Waals surface area (Å²) in [7, 11) is 0. The zero-order valence-electron chi connectivity index (χ0n) is 16.0. The van der Waals surface area contributed by atoms with Crippen LogP contribution in [0.1, 0.15) is 28.7 Å². The van der Waals surface area contributed by atoms with Gasteiger partial charge in [-0.1, -0.05) is 24.3 Å². The molecule has 3 rings (SSSR count). The van der Waals surface area contributed by atoms with Crippen LogP contribution in [0.4, 0.5) is 0 Å². The van der Waals surface area contributed by atoms with Crippen molar-refractivity contribution in [3.8, 4) is 11.5 Å². The monoisotopic (exact) mass is 367 g/mol. The van der Waals surface area contributed by atoms with E-state index in [1.54, 1.807) is 4.90 Å². The third kappa shape index (κ3) is 4.30. The van der Waals surface area contributed by atoms with E-state index < -0.39 is 11.9 Å². The van der Waals surface area contributed by atoms with Gasteiger partial charge in [0.1, 0.15) is 11.5 Å². The Kier molecular flexibility index (Phi) is 5.49. The second-order valence-electron chi connectivity index (χ2n) is 7.23. The maximum Gasteiger partial charge on any atom is 0.308 e. The van der Waals surface area contributed by atoms with Gasteiger partial charge in [-0.15, -0.1) is 0 Å². The first-order chi connectivity index (χ1) is 12.8. The number of rotatable bonds is 6. The number of aryl methyl sites for hydroxylation is 2. The van der Waals surface area contributed by atoms with E-state index in [0.717, 1.165) is 28.2 Å². The highest BCUT2D eigenvalue weighted by Crippen LogP contribution is 2.30. The summed E-state index contributed by atoms with van der Waals surface area (Å²) in [4.78, 5) is 24.6. The highest BCUT2D eigenvalue weighted by Gasteiger charge is 2.33. The molecule has 1 aliphatic heterocycles. The Morgan fingerprint density at radius 1 is 1.11 bits per heavy atom. The van der Waals surface area contributed by atoms with Crippen LogP contribution in [0.3, 0.4) is 0 Å². The van der Waals surface area contributed by atoms with Gasteiger partial charge in [0.25, 0.3) is 0 Å². The topological polar surface area (TPSA) is 66.8 Å². The molecule has 0 aliphatic carbocycles. The van der Waals surface area contributed by atoms with Crippen molar-refractivity contribution in [3.63, 3.8) is 0 Å². The van der Waals surface area contributed by atoms with E-state index in [2.05, 4.69) is 26.0 Å². The van der Waals surface area contributed by atoms with Crippen LogP contribution in [-0.4, -0.2) is 35.0 Å². The standard InChI is InChI=1S/C22H25NO4/c1-14-4-5-15(2)21(16(14)3)27-19-8-6-17(7-9-19)10-11-23-13-18(22(25)26)12-20(23)24/h4-9,18H,10-13H2,1-3H3,(H,25,26). The fraction of sp³-hybridized carbons (Fsp3) is 0.364. The van der Waals surface area contributed by atoms with Gasteiger partial charge in [-0.2, -0.15) is 0 Å². The van der Waals surface area contributed by atoms with Crippen LogP contribution in [0.15, 0.2) is 36.4 Å². The molecule has 1 amide bonds. The van der Waals surface area contributed by atoms with Crippen LogP contribution in [0.5, 0.6) is 11.5 Å². The summed E-state index contributed by atoms with van der Waals surface area (Å²) in [6.07, 6.45) is 0.804. The molecule has 27 heavy (non-hydrogen) atoms.